The van der Waals surface area contributed by atoms with Crippen LogP contribution >= 0.6 is 15.9 Å². The van der Waals surface area contributed by atoms with Crippen molar-refractivity contribution in [1.29, 1.82) is 0 Å². The fraction of sp³-hybridized carbons (Fsp3) is 0.250. The van der Waals surface area contributed by atoms with E-state index in [-0.39, 0.29) is 4.90 Å². The van der Waals surface area contributed by atoms with Gasteiger partial charge in [-0.25, -0.2) is 13.1 Å². The van der Waals surface area contributed by atoms with E-state index < -0.39 is 10.0 Å². The molecule has 22 heavy (non-hydrogen) atoms. The highest BCUT2D eigenvalue weighted by molar-refractivity contribution is 9.10. The molecule has 118 valence electrons. The quantitative estimate of drug-likeness (QED) is 0.744. The number of hydrogen-bond donors (Lipinski definition) is 1. The Kier molecular flexibility index (Phi) is 5.99. The second kappa shape index (κ2) is 7.76. The molecule has 2 aromatic carbocycles. The highest BCUT2D eigenvalue weighted by Gasteiger charge is 2.13. The maximum absolute atomic E-state index is 12.1. The molecule has 0 saturated carbocycles. The lowest BCUT2D eigenvalue weighted by atomic mass is 10.2. The van der Waals surface area contributed by atoms with Crippen molar-refractivity contribution in [3.8, 4) is 5.75 Å². The van der Waals surface area contributed by atoms with Crippen LogP contribution in [0.15, 0.2) is 57.9 Å². The number of halogens is 1. The summed E-state index contributed by atoms with van der Waals surface area (Å²) in [6, 6.07) is 14.4. The van der Waals surface area contributed by atoms with Crippen LogP contribution < -0.4 is 9.46 Å². The summed E-state index contributed by atoms with van der Waals surface area (Å²) in [6.45, 7) is 2.80. The number of aryl methyl sites for hydroxylation is 1. The lowest BCUT2D eigenvalue weighted by molar-refractivity contribution is 0.311. The van der Waals surface area contributed by atoms with Gasteiger partial charge >= 0.3 is 0 Å². The third-order valence-electron chi connectivity index (χ3n) is 2.98. The Balaban J connectivity index is 1.79. The first-order valence-corrected chi connectivity index (χ1v) is 9.20. The Morgan fingerprint density at radius 1 is 1.14 bits per heavy atom. The van der Waals surface area contributed by atoms with Crippen molar-refractivity contribution in [2.24, 2.45) is 0 Å². The summed E-state index contributed by atoms with van der Waals surface area (Å²) in [5, 5.41) is 0. The highest BCUT2D eigenvalue weighted by Crippen LogP contribution is 2.16. The molecular formula is C16H18BrNO3S. The molecule has 0 aliphatic carbocycles. The first kappa shape index (κ1) is 17.0. The average Bonchev–Trinajstić information content (AvgIpc) is 2.47. The van der Waals surface area contributed by atoms with Crippen LogP contribution in [0.2, 0.25) is 0 Å². The molecule has 0 heterocycles. The van der Waals surface area contributed by atoms with Crippen molar-refractivity contribution < 1.29 is 13.2 Å². The Labute approximate surface area is 139 Å². The van der Waals surface area contributed by atoms with Crippen molar-refractivity contribution in [3.63, 3.8) is 0 Å². The molecule has 0 aliphatic rings. The summed E-state index contributed by atoms with van der Waals surface area (Å²) in [5.41, 5.74) is 1.13. The number of ether oxygens (including phenoxy) is 1. The predicted octanol–water partition coefficient (Wildman–Crippen LogP) is 3.50. The van der Waals surface area contributed by atoms with Crippen LogP contribution in [0.25, 0.3) is 0 Å². The average molecular weight is 384 g/mol. The first-order chi connectivity index (χ1) is 10.5. The first-order valence-electron chi connectivity index (χ1n) is 6.92. The SMILES string of the molecule is Cc1cccc(OCCCNS(=O)(=O)c2cccc(Br)c2)c1. The van der Waals surface area contributed by atoms with Crippen LogP contribution in [0, 0.1) is 6.92 Å². The number of nitrogens with one attached hydrogen (secondary N) is 1. The van der Waals surface area contributed by atoms with Gasteiger partial charge in [0.25, 0.3) is 0 Å². The normalized spacial score (nSPS) is 11.4. The molecule has 0 bridgehead atoms. The van der Waals surface area contributed by atoms with Crippen molar-refractivity contribution >= 4 is 26.0 Å². The van der Waals surface area contributed by atoms with Gasteiger partial charge in [-0.3, -0.25) is 0 Å². The highest BCUT2D eigenvalue weighted by atomic mass is 79.9. The van der Waals surface area contributed by atoms with E-state index >= 15 is 0 Å². The van der Waals surface area contributed by atoms with Crippen LogP contribution in [0.1, 0.15) is 12.0 Å². The minimum absolute atomic E-state index is 0.251. The van der Waals surface area contributed by atoms with E-state index in [1.54, 1.807) is 24.3 Å². The number of sulfonamides is 1. The zero-order valence-electron chi connectivity index (χ0n) is 12.3. The molecule has 0 saturated heterocycles. The summed E-state index contributed by atoms with van der Waals surface area (Å²) in [4.78, 5) is 0.251. The third kappa shape index (κ3) is 5.12. The van der Waals surface area contributed by atoms with E-state index in [1.165, 1.54) is 0 Å². The minimum Gasteiger partial charge on any atom is -0.494 e. The Morgan fingerprint density at radius 3 is 2.64 bits per heavy atom. The summed E-state index contributed by atoms with van der Waals surface area (Å²) in [6.07, 6.45) is 0.598. The van der Waals surface area contributed by atoms with E-state index in [1.807, 2.05) is 31.2 Å². The smallest absolute Gasteiger partial charge is 0.240 e. The number of rotatable bonds is 7. The fourth-order valence-corrected chi connectivity index (χ4v) is 3.56. The minimum atomic E-state index is -3.47. The van der Waals surface area contributed by atoms with E-state index in [0.29, 0.717) is 19.6 Å². The Bertz CT molecular complexity index is 732. The molecule has 2 aromatic rings. The maximum Gasteiger partial charge on any atom is 0.240 e. The molecule has 1 N–H and O–H groups in total. The molecule has 4 nitrogen and oxygen atoms in total. The van der Waals surface area contributed by atoms with E-state index in [0.717, 1.165) is 15.8 Å². The molecule has 6 heteroatoms. The van der Waals surface area contributed by atoms with Crippen LogP contribution in [-0.4, -0.2) is 21.6 Å². The van der Waals surface area contributed by atoms with Crippen LogP contribution in [-0.2, 0) is 10.0 Å². The van der Waals surface area contributed by atoms with E-state index in [2.05, 4.69) is 20.7 Å². The second-order valence-corrected chi connectivity index (χ2v) is 7.56. The Hall–Kier alpha value is -1.37. The lowest BCUT2D eigenvalue weighted by Crippen LogP contribution is -2.25. The standard InChI is InChI=1S/C16H18BrNO3S/c1-13-5-2-7-15(11-13)21-10-4-9-18-22(19,20)16-8-3-6-14(17)12-16/h2-3,5-8,11-12,18H,4,9-10H2,1H3. The molecule has 0 radical (unpaired) electrons. The monoisotopic (exact) mass is 383 g/mol. The lowest BCUT2D eigenvalue weighted by Gasteiger charge is -2.09. The van der Waals surface area contributed by atoms with Crippen LogP contribution in [0.4, 0.5) is 0 Å². The molecular weight excluding hydrogens is 366 g/mol. The molecule has 0 fully saturated rings. The van der Waals surface area contributed by atoms with Gasteiger partial charge in [-0.2, -0.15) is 0 Å². The molecule has 0 unspecified atom stereocenters. The van der Waals surface area contributed by atoms with E-state index in [4.69, 9.17) is 4.74 Å². The van der Waals surface area contributed by atoms with Crippen molar-refractivity contribution in [1.82, 2.24) is 4.72 Å². The number of benzene rings is 2. The topological polar surface area (TPSA) is 55.4 Å². The second-order valence-electron chi connectivity index (χ2n) is 4.87. The fourth-order valence-electron chi connectivity index (χ4n) is 1.89. The van der Waals surface area contributed by atoms with Crippen LogP contribution in [0.5, 0.6) is 5.75 Å². The van der Waals surface area contributed by atoms with Gasteiger partial charge < -0.3 is 4.74 Å². The van der Waals surface area contributed by atoms with Gasteiger partial charge in [0.05, 0.1) is 11.5 Å². The molecule has 0 aromatic heterocycles. The molecule has 0 spiro atoms. The van der Waals surface area contributed by atoms with Gasteiger partial charge in [0, 0.05) is 11.0 Å². The van der Waals surface area contributed by atoms with Gasteiger partial charge in [-0.05, 0) is 49.2 Å². The van der Waals surface area contributed by atoms with Gasteiger partial charge in [0.15, 0.2) is 0 Å². The summed E-state index contributed by atoms with van der Waals surface area (Å²) < 4.78 is 33.1. The van der Waals surface area contributed by atoms with Crippen molar-refractivity contribution in [3.05, 3.63) is 58.6 Å². The predicted molar refractivity (Wildman–Crippen MR) is 90.6 cm³/mol. The van der Waals surface area contributed by atoms with Gasteiger partial charge in [0.2, 0.25) is 10.0 Å². The molecule has 2 rings (SSSR count). The molecule has 0 amide bonds. The summed E-state index contributed by atoms with van der Waals surface area (Å²) in [5.74, 6) is 0.801. The molecule has 0 aliphatic heterocycles. The van der Waals surface area contributed by atoms with E-state index in [9.17, 15) is 8.42 Å². The van der Waals surface area contributed by atoms with Gasteiger partial charge in [-0.15, -0.1) is 0 Å². The van der Waals surface area contributed by atoms with Crippen LogP contribution in [0.3, 0.4) is 0 Å². The Morgan fingerprint density at radius 2 is 1.91 bits per heavy atom. The van der Waals surface area contributed by atoms with Crippen molar-refractivity contribution in [2.45, 2.75) is 18.2 Å². The van der Waals surface area contributed by atoms with Gasteiger partial charge in [-0.1, -0.05) is 34.1 Å². The number of hydrogen-bond acceptors (Lipinski definition) is 3. The summed E-state index contributed by atoms with van der Waals surface area (Å²) >= 11 is 3.27. The van der Waals surface area contributed by atoms with Gasteiger partial charge in [0.1, 0.15) is 5.75 Å². The summed E-state index contributed by atoms with van der Waals surface area (Å²) in [7, 11) is -3.47. The zero-order valence-corrected chi connectivity index (χ0v) is 14.7. The van der Waals surface area contributed by atoms with Crippen molar-refractivity contribution in [2.75, 3.05) is 13.2 Å². The largest absolute Gasteiger partial charge is 0.494 e. The zero-order chi connectivity index (χ0) is 16.0. The third-order valence-corrected chi connectivity index (χ3v) is 4.93. The molecule has 0 atom stereocenters. The maximum atomic E-state index is 12.1.